The molecule has 1 unspecified atom stereocenters. The van der Waals surface area contributed by atoms with Gasteiger partial charge in [0.25, 0.3) is 0 Å². The SMILES string of the molecule is Cc1nc(-c2ccc(NC(=O)C(C)Cl)cc2)cs1. The molecule has 0 saturated heterocycles. The smallest absolute Gasteiger partial charge is 0.242 e. The van der Waals surface area contributed by atoms with Crippen molar-refractivity contribution >= 4 is 34.5 Å². The number of nitrogens with zero attached hydrogens (tertiary/aromatic N) is 1. The van der Waals surface area contributed by atoms with E-state index < -0.39 is 5.38 Å². The lowest BCUT2D eigenvalue weighted by Crippen LogP contribution is -2.20. The van der Waals surface area contributed by atoms with Gasteiger partial charge in [0.1, 0.15) is 5.38 Å². The topological polar surface area (TPSA) is 42.0 Å². The molecule has 0 radical (unpaired) electrons. The second-order valence-electron chi connectivity index (χ2n) is 3.93. The highest BCUT2D eigenvalue weighted by molar-refractivity contribution is 7.09. The molecule has 5 heteroatoms. The van der Waals surface area contributed by atoms with Crippen LogP contribution in [0.3, 0.4) is 0 Å². The highest BCUT2D eigenvalue weighted by Gasteiger charge is 2.09. The van der Waals surface area contributed by atoms with Gasteiger partial charge in [0, 0.05) is 16.6 Å². The zero-order chi connectivity index (χ0) is 13.1. The molecule has 0 bridgehead atoms. The highest BCUT2D eigenvalue weighted by Crippen LogP contribution is 2.23. The van der Waals surface area contributed by atoms with E-state index in [4.69, 9.17) is 11.6 Å². The zero-order valence-corrected chi connectivity index (χ0v) is 11.7. The lowest BCUT2D eigenvalue weighted by molar-refractivity contribution is -0.115. The Kier molecular flexibility index (Phi) is 3.99. The first-order valence-corrected chi connectivity index (χ1v) is 6.85. The van der Waals surface area contributed by atoms with E-state index in [0.717, 1.165) is 22.0 Å². The summed E-state index contributed by atoms with van der Waals surface area (Å²) in [5.74, 6) is -0.200. The summed E-state index contributed by atoms with van der Waals surface area (Å²) in [6.45, 7) is 3.62. The van der Waals surface area contributed by atoms with Crippen LogP contribution in [0.4, 0.5) is 5.69 Å². The monoisotopic (exact) mass is 280 g/mol. The Morgan fingerprint density at radius 1 is 1.39 bits per heavy atom. The standard InChI is InChI=1S/C13H13ClN2OS/c1-8(14)13(17)16-11-5-3-10(4-6-11)12-7-18-9(2)15-12/h3-8H,1-2H3,(H,16,17). The van der Waals surface area contributed by atoms with E-state index in [9.17, 15) is 4.79 Å². The van der Waals surface area contributed by atoms with Crippen molar-refractivity contribution in [3.05, 3.63) is 34.7 Å². The van der Waals surface area contributed by atoms with E-state index in [0.29, 0.717) is 0 Å². The number of halogens is 1. The molecule has 0 aliphatic rings. The number of nitrogens with one attached hydrogen (secondary N) is 1. The maximum Gasteiger partial charge on any atom is 0.242 e. The molecule has 0 saturated carbocycles. The number of aromatic nitrogens is 1. The van der Waals surface area contributed by atoms with Crippen molar-refractivity contribution in [3.63, 3.8) is 0 Å². The fourth-order valence-corrected chi connectivity index (χ4v) is 2.14. The van der Waals surface area contributed by atoms with Crippen molar-refractivity contribution in [2.45, 2.75) is 19.2 Å². The van der Waals surface area contributed by atoms with Crippen LogP contribution in [0, 0.1) is 6.92 Å². The van der Waals surface area contributed by atoms with Gasteiger partial charge < -0.3 is 5.32 Å². The fraction of sp³-hybridized carbons (Fsp3) is 0.231. The van der Waals surface area contributed by atoms with Crippen LogP contribution in [0.2, 0.25) is 0 Å². The van der Waals surface area contributed by atoms with Gasteiger partial charge in [-0.3, -0.25) is 4.79 Å². The van der Waals surface area contributed by atoms with Gasteiger partial charge in [-0.2, -0.15) is 0 Å². The van der Waals surface area contributed by atoms with Crippen LogP contribution < -0.4 is 5.32 Å². The quantitative estimate of drug-likeness (QED) is 0.872. The molecular formula is C13H13ClN2OS. The largest absolute Gasteiger partial charge is 0.325 e. The molecule has 0 spiro atoms. The maximum absolute atomic E-state index is 11.4. The summed E-state index contributed by atoms with van der Waals surface area (Å²) in [4.78, 5) is 15.8. The Hall–Kier alpha value is -1.39. The van der Waals surface area contributed by atoms with Gasteiger partial charge in [0.2, 0.25) is 5.91 Å². The first-order valence-electron chi connectivity index (χ1n) is 5.54. The van der Waals surface area contributed by atoms with Gasteiger partial charge in [0.05, 0.1) is 10.7 Å². The number of thiazole rings is 1. The van der Waals surface area contributed by atoms with E-state index in [1.165, 1.54) is 0 Å². The number of amides is 1. The van der Waals surface area contributed by atoms with Crippen molar-refractivity contribution in [2.75, 3.05) is 5.32 Å². The average Bonchev–Trinajstić information content (AvgIpc) is 2.76. The van der Waals surface area contributed by atoms with Crippen LogP contribution in [-0.4, -0.2) is 16.3 Å². The van der Waals surface area contributed by atoms with E-state index in [-0.39, 0.29) is 5.91 Å². The molecule has 0 fully saturated rings. The summed E-state index contributed by atoms with van der Waals surface area (Å²) in [5, 5.41) is 5.26. The molecule has 2 aromatic rings. The van der Waals surface area contributed by atoms with Gasteiger partial charge in [-0.15, -0.1) is 22.9 Å². The van der Waals surface area contributed by atoms with Crippen LogP contribution in [-0.2, 0) is 4.79 Å². The predicted octanol–water partition coefficient (Wildman–Crippen LogP) is 3.68. The van der Waals surface area contributed by atoms with Crippen LogP contribution >= 0.6 is 22.9 Å². The lowest BCUT2D eigenvalue weighted by Gasteiger charge is -2.06. The molecule has 0 aliphatic heterocycles. The fourth-order valence-electron chi connectivity index (χ4n) is 1.46. The number of anilines is 1. The van der Waals surface area contributed by atoms with Gasteiger partial charge in [-0.05, 0) is 26.0 Å². The second-order valence-corrected chi connectivity index (χ2v) is 5.65. The minimum absolute atomic E-state index is 0.200. The third-order valence-corrected chi connectivity index (χ3v) is 3.40. The van der Waals surface area contributed by atoms with Gasteiger partial charge in [-0.25, -0.2) is 4.98 Å². The normalized spacial score (nSPS) is 12.2. The van der Waals surface area contributed by atoms with E-state index in [1.54, 1.807) is 18.3 Å². The number of hydrogen-bond donors (Lipinski definition) is 1. The van der Waals surface area contributed by atoms with Crippen molar-refractivity contribution in [1.82, 2.24) is 4.98 Å². The van der Waals surface area contributed by atoms with Crippen molar-refractivity contribution in [3.8, 4) is 11.3 Å². The number of rotatable bonds is 3. The van der Waals surface area contributed by atoms with Crippen LogP contribution in [0.1, 0.15) is 11.9 Å². The van der Waals surface area contributed by atoms with Crippen molar-refractivity contribution in [2.24, 2.45) is 0 Å². The summed E-state index contributed by atoms with van der Waals surface area (Å²) in [6, 6.07) is 7.56. The minimum atomic E-state index is -0.536. The summed E-state index contributed by atoms with van der Waals surface area (Å²) >= 11 is 7.31. The number of alkyl halides is 1. The van der Waals surface area contributed by atoms with Crippen LogP contribution in [0.15, 0.2) is 29.6 Å². The summed E-state index contributed by atoms with van der Waals surface area (Å²) in [5.41, 5.74) is 2.74. The first kappa shape index (κ1) is 13.1. The number of carbonyl (C=O) groups excluding carboxylic acids is 1. The molecule has 1 amide bonds. The second kappa shape index (κ2) is 5.50. The van der Waals surface area contributed by atoms with Gasteiger partial charge in [0.15, 0.2) is 0 Å². The van der Waals surface area contributed by atoms with E-state index in [1.807, 2.05) is 36.6 Å². The van der Waals surface area contributed by atoms with Gasteiger partial charge >= 0.3 is 0 Å². The number of carbonyl (C=O) groups is 1. The number of aryl methyl sites for hydroxylation is 1. The molecule has 1 atom stereocenters. The number of hydrogen-bond acceptors (Lipinski definition) is 3. The van der Waals surface area contributed by atoms with Crippen molar-refractivity contribution < 1.29 is 4.79 Å². The molecule has 1 heterocycles. The Morgan fingerprint density at radius 3 is 2.56 bits per heavy atom. The molecule has 1 aromatic heterocycles. The molecule has 18 heavy (non-hydrogen) atoms. The molecule has 1 N–H and O–H groups in total. The van der Waals surface area contributed by atoms with Gasteiger partial charge in [-0.1, -0.05) is 12.1 Å². The summed E-state index contributed by atoms with van der Waals surface area (Å²) in [7, 11) is 0. The third-order valence-electron chi connectivity index (χ3n) is 2.43. The van der Waals surface area contributed by atoms with Crippen LogP contribution in [0.25, 0.3) is 11.3 Å². The summed E-state index contributed by atoms with van der Waals surface area (Å²) in [6.07, 6.45) is 0. The summed E-state index contributed by atoms with van der Waals surface area (Å²) < 4.78 is 0. The average molecular weight is 281 g/mol. The predicted molar refractivity (Wildman–Crippen MR) is 76.2 cm³/mol. The Morgan fingerprint density at radius 2 is 2.06 bits per heavy atom. The molecular weight excluding hydrogens is 268 g/mol. The lowest BCUT2D eigenvalue weighted by atomic mass is 10.1. The Labute approximate surface area is 115 Å². The Bertz CT molecular complexity index is 548. The molecule has 0 aliphatic carbocycles. The first-order chi connectivity index (χ1) is 8.56. The van der Waals surface area contributed by atoms with E-state index in [2.05, 4.69) is 10.3 Å². The maximum atomic E-state index is 11.4. The number of benzene rings is 1. The zero-order valence-electron chi connectivity index (χ0n) is 10.1. The third kappa shape index (κ3) is 3.09. The van der Waals surface area contributed by atoms with Crippen molar-refractivity contribution in [1.29, 1.82) is 0 Å². The highest BCUT2D eigenvalue weighted by atomic mass is 35.5. The molecule has 3 nitrogen and oxygen atoms in total. The minimum Gasteiger partial charge on any atom is -0.325 e. The van der Waals surface area contributed by atoms with Crippen LogP contribution in [0.5, 0.6) is 0 Å². The molecule has 94 valence electrons. The molecule has 2 rings (SSSR count). The Balaban J connectivity index is 2.13. The molecule has 1 aromatic carbocycles. The van der Waals surface area contributed by atoms with E-state index >= 15 is 0 Å².